The van der Waals surface area contributed by atoms with Crippen molar-refractivity contribution in [2.45, 2.75) is 75.9 Å². The molecule has 0 unspecified atom stereocenters. The number of piperidine rings is 1. The zero-order chi connectivity index (χ0) is 18.1. The molecule has 6 heteroatoms. The number of rotatable bonds is 4. The van der Waals surface area contributed by atoms with Gasteiger partial charge in [-0.05, 0) is 44.9 Å². The van der Waals surface area contributed by atoms with Crippen molar-refractivity contribution in [2.75, 3.05) is 0 Å². The number of likely N-dealkylation sites (tertiary alicyclic amines) is 1. The number of allylic oxidation sites excluding steroid dienone is 1. The molecule has 0 radical (unpaired) electrons. The van der Waals surface area contributed by atoms with Gasteiger partial charge in [0.2, 0.25) is 11.8 Å². The lowest BCUT2D eigenvalue weighted by Crippen LogP contribution is -2.53. The maximum absolute atomic E-state index is 12.6. The first-order chi connectivity index (χ1) is 12.6. The fourth-order valence-electron chi connectivity index (χ4n) is 4.38. The van der Waals surface area contributed by atoms with Crippen LogP contribution in [-0.4, -0.2) is 38.3 Å². The van der Waals surface area contributed by atoms with E-state index >= 15 is 0 Å². The molecule has 4 rings (SSSR count). The Morgan fingerprint density at radius 1 is 1.19 bits per heavy atom. The Hall–Kier alpha value is -2.11. The Labute approximate surface area is 154 Å². The van der Waals surface area contributed by atoms with Crippen molar-refractivity contribution in [3.05, 3.63) is 29.9 Å². The van der Waals surface area contributed by atoms with E-state index in [0.29, 0.717) is 18.9 Å². The van der Waals surface area contributed by atoms with Gasteiger partial charge in [-0.2, -0.15) is 0 Å². The van der Waals surface area contributed by atoms with Crippen LogP contribution in [0.3, 0.4) is 0 Å². The van der Waals surface area contributed by atoms with Gasteiger partial charge >= 0.3 is 0 Å². The molecule has 1 saturated heterocycles. The fraction of sp³-hybridized carbons (Fsp3) is 0.650. The molecule has 3 aliphatic rings. The molecule has 2 heterocycles. The summed E-state index contributed by atoms with van der Waals surface area (Å²) in [5, 5.41) is 3.20. The second-order valence-corrected chi connectivity index (χ2v) is 7.89. The van der Waals surface area contributed by atoms with Crippen molar-refractivity contribution in [3.8, 4) is 0 Å². The van der Waals surface area contributed by atoms with Gasteiger partial charge in [-0.3, -0.25) is 9.59 Å². The van der Waals surface area contributed by atoms with Crippen molar-refractivity contribution in [1.29, 1.82) is 0 Å². The zero-order valence-electron chi connectivity index (χ0n) is 15.5. The molecule has 140 valence electrons. The third-order valence-electron chi connectivity index (χ3n) is 5.86. The monoisotopic (exact) mass is 356 g/mol. The smallest absolute Gasteiger partial charge is 0.244 e. The Morgan fingerprint density at radius 2 is 1.96 bits per heavy atom. The van der Waals surface area contributed by atoms with Crippen LogP contribution in [0, 0.1) is 0 Å². The second kappa shape index (κ2) is 7.25. The van der Waals surface area contributed by atoms with Gasteiger partial charge in [-0.1, -0.05) is 12.0 Å². The summed E-state index contributed by atoms with van der Waals surface area (Å²) in [7, 11) is 1.95. The standard InChI is InChI=1S/C20H28N4O2/c1-23-12-11-21-20(23)19-16(9-10-18(26)24(19)15-7-8-15)22-17(25)13-14-5-3-2-4-6-14/h11-13,15-16,19H,2-10H2,1H3,(H,22,25)/t16-,19-/m1/s1. The number of imidazole rings is 1. The molecule has 2 amide bonds. The van der Waals surface area contributed by atoms with Gasteiger partial charge in [-0.15, -0.1) is 0 Å². The summed E-state index contributed by atoms with van der Waals surface area (Å²) >= 11 is 0. The predicted octanol–water partition coefficient (Wildman–Crippen LogP) is 2.62. The zero-order valence-corrected chi connectivity index (χ0v) is 15.5. The van der Waals surface area contributed by atoms with Crippen LogP contribution in [0.15, 0.2) is 24.0 Å². The lowest BCUT2D eigenvalue weighted by molar-refractivity contribution is -0.140. The van der Waals surface area contributed by atoms with E-state index in [1.54, 1.807) is 12.3 Å². The van der Waals surface area contributed by atoms with E-state index in [1.165, 1.54) is 24.8 Å². The molecule has 6 nitrogen and oxygen atoms in total. The summed E-state index contributed by atoms with van der Waals surface area (Å²) in [6.45, 7) is 0. The molecular weight excluding hydrogens is 328 g/mol. The van der Waals surface area contributed by atoms with E-state index < -0.39 is 0 Å². The number of carbonyl (C=O) groups is 2. The maximum atomic E-state index is 12.6. The number of hydrogen-bond acceptors (Lipinski definition) is 3. The average molecular weight is 356 g/mol. The first-order valence-corrected chi connectivity index (χ1v) is 9.92. The first-order valence-electron chi connectivity index (χ1n) is 9.92. The summed E-state index contributed by atoms with van der Waals surface area (Å²) < 4.78 is 1.97. The predicted molar refractivity (Wildman–Crippen MR) is 98.1 cm³/mol. The van der Waals surface area contributed by atoms with Crippen LogP contribution in [0.1, 0.15) is 69.7 Å². The normalized spacial score (nSPS) is 26.7. The van der Waals surface area contributed by atoms with E-state index in [1.807, 2.05) is 22.7 Å². The summed E-state index contributed by atoms with van der Waals surface area (Å²) in [6, 6.07) is 0.0559. The van der Waals surface area contributed by atoms with E-state index in [4.69, 9.17) is 0 Å². The molecule has 1 aromatic rings. The lowest BCUT2D eigenvalue weighted by atomic mass is 9.93. The van der Waals surface area contributed by atoms with E-state index in [9.17, 15) is 9.59 Å². The number of carbonyl (C=O) groups excluding carboxylic acids is 2. The van der Waals surface area contributed by atoms with Gasteiger partial charge < -0.3 is 14.8 Å². The van der Waals surface area contributed by atoms with Crippen molar-refractivity contribution in [3.63, 3.8) is 0 Å². The highest BCUT2D eigenvalue weighted by molar-refractivity contribution is 5.89. The number of aryl methyl sites for hydroxylation is 1. The molecule has 0 bridgehead atoms. The second-order valence-electron chi connectivity index (χ2n) is 7.89. The highest BCUT2D eigenvalue weighted by atomic mass is 16.2. The fourth-order valence-corrected chi connectivity index (χ4v) is 4.38. The van der Waals surface area contributed by atoms with Crippen LogP contribution in [0.5, 0.6) is 0 Å². The average Bonchev–Trinajstić information content (AvgIpc) is 3.38. The van der Waals surface area contributed by atoms with Crippen LogP contribution in [0.25, 0.3) is 0 Å². The lowest BCUT2D eigenvalue weighted by Gasteiger charge is -2.41. The Kier molecular flexibility index (Phi) is 4.83. The molecule has 1 aliphatic heterocycles. The minimum absolute atomic E-state index is 0.0174. The number of amides is 2. The Balaban J connectivity index is 1.55. The van der Waals surface area contributed by atoms with Gasteiger partial charge in [0.15, 0.2) is 0 Å². The van der Waals surface area contributed by atoms with Crippen LogP contribution in [-0.2, 0) is 16.6 Å². The molecule has 1 N–H and O–H groups in total. The molecule has 26 heavy (non-hydrogen) atoms. The van der Waals surface area contributed by atoms with Gasteiger partial charge in [0, 0.05) is 38.0 Å². The van der Waals surface area contributed by atoms with E-state index in [2.05, 4.69) is 10.3 Å². The third-order valence-corrected chi connectivity index (χ3v) is 5.86. The van der Waals surface area contributed by atoms with Crippen molar-refractivity contribution < 1.29 is 9.59 Å². The van der Waals surface area contributed by atoms with Gasteiger partial charge in [0.1, 0.15) is 11.9 Å². The first kappa shape index (κ1) is 17.3. The SMILES string of the molecule is Cn1ccnc1[C@H]1[C@H](NC(=O)C=C2CCCCC2)CCC(=O)N1C1CC1. The molecule has 1 aromatic heterocycles. The molecule has 2 aliphatic carbocycles. The highest BCUT2D eigenvalue weighted by Gasteiger charge is 2.46. The number of hydrogen-bond donors (Lipinski definition) is 1. The van der Waals surface area contributed by atoms with Crippen molar-refractivity contribution >= 4 is 11.8 Å². The van der Waals surface area contributed by atoms with Crippen molar-refractivity contribution in [2.24, 2.45) is 7.05 Å². The topological polar surface area (TPSA) is 67.2 Å². The largest absolute Gasteiger partial charge is 0.347 e. The van der Waals surface area contributed by atoms with E-state index in [-0.39, 0.29) is 23.9 Å². The van der Waals surface area contributed by atoms with Crippen LogP contribution in [0.4, 0.5) is 0 Å². The molecule has 3 fully saturated rings. The van der Waals surface area contributed by atoms with Crippen molar-refractivity contribution in [1.82, 2.24) is 19.8 Å². The maximum Gasteiger partial charge on any atom is 0.244 e. The Bertz CT molecular complexity index is 711. The van der Waals surface area contributed by atoms with Crippen LogP contribution in [0.2, 0.25) is 0 Å². The molecular formula is C20H28N4O2. The van der Waals surface area contributed by atoms with Gasteiger partial charge in [-0.25, -0.2) is 4.98 Å². The number of aromatic nitrogens is 2. The minimum atomic E-state index is -0.169. The quantitative estimate of drug-likeness (QED) is 0.843. The Morgan fingerprint density at radius 3 is 2.62 bits per heavy atom. The molecule has 2 saturated carbocycles. The van der Waals surface area contributed by atoms with E-state index in [0.717, 1.165) is 31.5 Å². The summed E-state index contributed by atoms with van der Waals surface area (Å²) in [4.78, 5) is 31.7. The summed E-state index contributed by atoms with van der Waals surface area (Å²) in [5.41, 5.74) is 1.26. The third kappa shape index (κ3) is 3.55. The van der Waals surface area contributed by atoms with Crippen LogP contribution >= 0.6 is 0 Å². The molecule has 0 aromatic carbocycles. The minimum Gasteiger partial charge on any atom is -0.347 e. The van der Waals surface area contributed by atoms with Gasteiger partial charge in [0.05, 0.1) is 6.04 Å². The molecule has 2 atom stereocenters. The summed E-state index contributed by atoms with van der Waals surface area (Å²) in [6.07, 6.45) is 14.5. The highest BCUT2D eigenvalue weighted by Crippen LogP contribution is 2.40. The van der Waals surface area contributed by atoms with Gasteiger partial charge in [0.25, 0.3) is 0 Å². The van der Waals surface area contributed by atoms with Crippen LogP contribution < -0.4 is 5.32 Å². The number of nitrogens with zero attached hydrogens (tertiary/aromatic N) is 3. The molecule has 0 spiro atoms. The summed E-state index contributed by atoms with van der Waals surface area (Å²) in [5.74, 6) is 1.04. The number of nitrogens with one attached hydrogen (secondary N) is 1.